The Balaban J connectivity index is 2.29. The molecule has 0 bridgehead atoms. The molecule has 0 aromatic carbocycles. The zero-order valence-corrected chi connectivity index (χ0v) is 11.6. The molecule has 3 heteroatoms. The summed E-state index contributed by atoms with van der Waals surface area (Å²) in [5.41, 5.74) is 1.45. The summed E-state index contributed by atoms with van der Waals surface area (Å²) in [5, 5.41) is 3.56. The second-order valence-electron chi connectivity index (χ2n) is 4.24. The van der Waals surface area contributed by atoms with Crippen LogP contribution in [0.25, 0.3) is 0 Å². The zero-order valence-electron chi connectivity index (χ0n) is 10.8. The first-order valence-corrected chi connectivity index (χ1v) is 6.76. The first-order valence-electron chi connectivity index (χ1n) is 5.94. The summed E-state index contributed by atoms with van der Waals surface area (Å²) < 4.78 is 5.03. The highest BCUT2D eigenvalue weighted by molar-refractivity contribution is 7.12. The number of nitrogens with one attached hydrogen (secondary N) is 1. The van der Waals surface area contributed by atoms with Gasteiger partial charge in [0.25, 0.3) is 0 Å². The van der Waals surface area contributed by atoms with E-state index in [0.717, 1.165) is 19.6 Å². The monoisotopic (exact) mass is 241 g/mol. The van der Waals surface area contributed by atoms with Gasteiger partial charge in [-0.3, -0.25) is 0 Å². The van der Waals surface area contributed by atoms with Crippen molar-refractivity contribution < 1.29 is 4.74 Å². The lowest BCUT2D eigenvalue weighted by atomic mass is 10.1. The molecule has 1 atom stereocenters. The van der Waals surface area contributed by atoms with E-state index in [1.807, 2.05) is 11.3 Å². The van der Waals surface area contributed by atoms with Crippen molar-refractivity contribution in [1.82, 2.24) is 5.32 Å². The number of methoxy groups -OCH3 is 1. The van der Waals surface area contributed by atoms with E-state index in [4.69, 9.17) is 4.74 Å². The highest BCUT2D eigenvalue weighted by Gasteiger charge is 2.09. The lowest BCUT2D eigenvalue weighted by Gasteiger charge is -2.13. The van der Waals surface area contributed by atoms with Gasteiger partial charge < -0.3 is 10.1 Å². The van der Waals surface area contributed by atoms with Crippen molar-refractivity contribution >= 4 is 11.3 Å². The minimum Gasteiger partial charge on any atom is -0.385 e. The van der Waals surface area contributed by atoms with Crippen LogP contribution in [-0.4, -0.2) is 20.3 Å². The maximum absolute atomic E-state index is 5.03. The van der Waals surface area contributed by atoms with Crippen LogP contribution in [0.5, 0.6) is 0 Å². The van der Waals surface area contributed by atoms with Gasteiger partial charge in [-0.15, -0.1) is 11.3 Å². The van der Waals surface area contributed by atoms with Gasteiger partial charge in [-0.2, -0.15) is 0 Å². The van der Waals surface area contributed by atoms with E-state index in [1.54, 1.807) is 7.11 Å². The molecule has 1 aromatic rings. The van der Waals surface area contributed by atoms with Crippen LogP contribution >= 0.6 is 11.3 Å². The molecule has 92 valence electrons. The molecule has 0 aliphatic rings. The van der Waals surface area contributed by atoms with Gasteiger partial charge in [0.15, 0.2) is 0 Å². The van der Waals surface area contributed by atoms with Gasteiger partial charge in [0.1, 0.15) is 0 Å². The normalized spacial score (nSPS) is 13.0. The van der Waals surface area contributed by atoms with Crippen LogP contribution in [0.15, 0.2) is 6.07 Å². The summed E-state index contributed by atoms with van der Waals surface area (Å²) in [6.45, 7) is 8.55. The molecule has 16 heavy (non-hydrogen) atoms. The molecule has 0 fully saturated rings. The van der Waals surface area contributed by atoms with Crippen molar-refractivity contribution in [3.8, 4) is 0 Å². The topological polar surface area (TPSA) is 21.3 Å². The number of thiophene rings is 1. The van der Waals surface area contributed by atoms with Crippen LogP contribution in [0.4, 0.5) is 0 Å². The van der Waals surface area contributed by atoms with E-state index >= 15 is 0 Å². The quantitative estimate of drug-likeness (QED) is 0.738. The maximum atomic E-state index is 5.03. The molecule has 0 aliphatic heterocycles. The third kappa shape index (κ3) is 4.24. The average molecular weight is 241 g/mol. The van der Waals surface area contributed by atoms with Gasteiger partial charge in [-0.1, -0.05) is 0 Å². The number of hydrogen-bond acceptors (Lipinski definition) is 3. The molecule has 0 spiro atoms. The van der Waals surface area contributed by atoms with Crippen molar-refractivity contribution in [1.29, 1.82) is 0 Å². The predicted octanol–water partition coefficient (Wildman–Crippen LogP) is 3.44. The Bertz CT molecular complexity index is 309. The molecule has 1 rings (SSSR count). The smallest absolute Gasteiger partial charge is 0.0462 e. The summed E-state index contributed by atoms with van der Waals surface area (Å²) in [6.07, 6.45) is 2.32. The Morgan fingerprint density at radius 1 is 1.38 bits per heavy atom. The minimum absolute atomic E-state index is 0.465. The molecule has 1 aromatic heterocycles. The molecule has 0 saturated heterocycles. The number of unbranched alkanes of at least 4 members (excludes halogenated alkanes) is 1. The fraction of sp³-hybridized carbons (Fsp3) is 0.692. The molecule has 2 nitrogen and oxygen atoms in total. The van der Waals surface area contributed by atoms with E-state index < -0.39 is 0 Å². The Kier molecular flexibility index (Phi) is 6.03. The number of aryl methyl sites for hydroxylation is 2. The van der Waals surface area contributed by atoms with E-state index in [1.165, 1.54) is 21.7 Å². The van der Waals surface area contributed by atoms with E-state index in [0.29, 0.717) is 6.04 Å². The number of hydrogen-bond donors (Lipinski definition) is 1. The number of rotatable bonds is 7. The average Bonchev–Trinajstić information content (AvgIpc) is 2.57. The molecule has 0 aliphatic carbocycles. The van der Waals surface area contributed by atoms with Crippen molar-refractivity contribution in [2.75, 3.05) is 20.3 Å². The largest absolute Gasteiger partial charge is 0.385 e. The van der Waals surface area contributed by atoms with Crippen LogP contribution < -0.4 is 5.32 Å². The zero-order chi connectivity index (χ0) is 12.0. The molecular formula is C13H23NOS. The van der Waals surface area contributed by atoms with Crippen LogP contribution in [0, 0.1) is 13.8 Å². The van der Waals surface area contributed by atoms with Gasteiger partial charge >= 0.3 is 0 Å². The van der Waals surface area contributed by atoms with Gasteiger partial charge in [-0.05, 0) is 51.8 Å². The second kappa shape index (κ2) is 7.05. The van der Waals surface area contributed by atoms with Crippen molar-refractivity contribution in [2.45, 2.75) is 39.7 Å². The fourth-order valence-electron chi connectivity index (χ4n) is 1.88. The minimum atomic E-state index is 0.465. The Morgan fingerprint density at radius 2 is 2.12 bits per heavy atom. The molecule has 1 unspecified atom stereocenters. The van der Waals surface area contributed by atoms with Crippen LogP contribution in [0.1, 0.15) is 41.1 Å². The second-order valence-corrected chi connectivity index (χ2v) is 5.70. The SMILES string of the molecule is COCCCCNC(C)c1cc(C)sc1C. The van der Waals surface area contributed by atoms with E-state index in [-0.39, 0.29) is 0 Å². The molecule has 0 saturated carbocycles. The summed E-state index contributed by atoms with van der Waals surface area (Å²) >= 11 is 1.88. The molecule has 0 radical (unpaired) electrons. The predicted molar refractivity (Wildman–Crippen MR) is 71.3 cm³/mol. The highest BCUT2D eigenvalue weighted by atomic mass is 32.1. The third-order valence-electron chi connectivity index (χ3n) is 2.77. The molecule has 1 N–H and O–H groups in total. The third-order valence-corrected chi connectivity index (χ3v) is 3.75. The van der Waals surface area contributed by atoms with Gasteiger partial charge in [0.05, 0.1) is 0 Å². The van der Waals surface area contributed by atoms with Crippen LogP contribution in [-0.2, 0) is 4.74 Å². The standard InChI is InChI=1S/C13H23NOS/c1-10-9-13(12(3)16-10)11(2)14-7-5-6-8-15-4/h9,11,14H,5-8H2,1-4H3. The Morgan fingerprint density at radius 3 is 2.69 bits per heavy atom. The molecular weight excluding hydrogens is 218 g/mol. The Hall–Kier alpha value is -0.380. The maximum Gasteiger partial charge on any atom is 0.0462 e. The summed E-state index contributed by atoms with van der Waals surface area (Å²) in [6, 6.07) is 2.76. The fourth-order valence-corrected chi connectivity index (χ4v) is 2.90. The van der Waals surface area contributed by atoms with Crippen LogP contribution in [0.3, 0.4) is 0 Å². The van der Waals surface area contributed by atoms with E-state index in [2.05, 4.69) is 32.2 Å². The Labute approximate surface area is 103 Å². The van der Waals surface area contributed by atoms with Gasteiger partial charge in [-0.25, -0.2) is 0 Å². The van der Waals surface area contributed by atoms with Crippen molar-refractivity contribution in [3.05, 3.63) is 21.4 Å². The van der Waals surface area contributed by atoms with Crippen molar-refractivity contribution in [2.24, 2.45) is 0 Å². The van der Waals surface area contributed by atoms with Gasteiger partial charge in [0, 0.05) is 29.5 Å². The summed E-state index contributed by atoms with van der Waals surface area (Å²) in [7, 11) is 1.76. The van der Waals surface area contributed by atoms with Crippen molar-refractivity contribution in [3.63, 3.8) is 0 Å². The lowest BCUT2D eigenvalue weighted by Crippen LogP contribution is -2.20. The number of ether oxygens (including phenoxy) is 1. The van der Waals surface area contributed by atoms with Gasteiger partial charge in [0.2, 0.25) is 0 Å². The lowest BCUT2D eigenvalue weighted by molar-refractivity contribution is 0.192. The first-order chi connectivity index (χ1) is 7.65. The highest BCUT2D eigenvalue weighted by Crippen LogP contribution is 2.25. The van der Waals surface area contributed by atoms with E-state index in [9.17, 15) is 0 Å². The summed E-state index contributed by atoms with van der Waals surface area (Å²) in [5.74, 6) is 0. The summed E-state index contributed by atoms with van der Waals surface area (Å²) in [4.78, 5) is 2.84. The molecule has 0 amide bonds. The molecule has 1 heterocycles. The van der Waals surface area contributed by atoms with Crippen LogP contribution in [0.2, 0.25) is 0 Å². The first kappa shape index (κ1) is 13.7.